The van der Waals surface area contributed by atoms with Crippen molar-refractivity contribution in [2.24, 2.45) is 0 Å². The summed E-state index contributed by atoms with van der Waals surface area (Å²) in [6.07, 6.45) is -0.839. The zero-order chi connectivity index (χ0) is 32.1. The molecular formula is C32H30F4N6O3. The van der Waals surface area contributed by atoms with E-state index in [0.29, 0.717) is 47.4 Å². The van der Waals surface area contributed by atoms with Crippen molar-refractivity contribution < 1.29 is 32.0 Å². The fraction of sp³-hybridized carbons (Fsp3) is 0.312. The lowest BCUT2D eigenvalue weighted by Gasteiger charge is -2.25. The number of rotatable bonds is 6. The lowest BCUT2D eigenvalue weighted by molar-refractivity contribution is -0.160. The summed E-state index contributed by atoms with van der Waals surface area (Å²) in [5, 5.41) is 4.93. The molecule has 0 atom stereocenters. The minimum Gasteiger partial charge on any atom is -0.351 e. The topological polar surface area (TPSA) is 103 Å². The number of nitrogens with zero attached hydrogens (tertiary/aromatic N) is 4. The first-order chi connectivity index (χ1) is 21.4. The maximum atomic E-state index is 15.0. The van der Waals surface area contributed by atoms with Gasteiger partial charge in [0.25, 0.3) is 5.91 Å². The van der Waals surface area contributed by atoms with Crippen LogP contribution in [0.2, 0.25) is 0 Å². The molecule has 234 valence electrons. The smallest absolute Gasteiger partial charge is 0.351 e. The fourth-order valence-corrected chi connectivity index (χ4v) is 5.55. The number of alkyl halides is 3. The normalized spacial score (nSPS) is 16.3. The predicted octanol–water partition coefficient (Wildman–Crippen LogP) is 6.62. The van der Waals surface area contributed by atoms with Crippen LogP contribution in [0.25, 0.3) is 27.9 Å². The third kappa shape index (κ3) is 5.75. The molecule has 4 aromatic rings. The molecule has 0 unspecified atom stereocenters. The molecule has 2 amide bonds. The molecule has 1 saturated carbocycles. The van der Waals surface area contributed by atoms with Crippen LogP contribution in [0.1, 0.15) is 46.4 Å². The van der Waals surface area contributed by atoms with Gasteiger partial charge in [-0.1, -0.05) is 18.2 Å². The molecule has 0 radical (unpaired) electrons. The van der Waals surface area contributed by atoms with Crippen molar-refractivity contribution in [1.82, 2.24) is 24.9 Å². The molecule has 1 aliphatic carbocycles. The quantitative estimate of drug-likeness (QED) is 0.234. The molecule has 2 aromatic heterocycles. The highest BCUT2D eigenvalue weighted by Crippen LogP contribution is 2.58. The number of hydrogen-bond donors (Lipinski definition) is 2. The Morgan fingerprint density at radius 3 is 2.44 bits per heavy atom. The molecule has 9 nitrogen and oxygen atoms in total. The zero-order valence-corrected chi connectivity index (χ0v) is 24.8. The van der Waals surface area contributed by atoms with E-state index in [1.807, 2.05) is 12.1 Å². The highest BCUT2D eigenvalue weighted by Gasteiger charge is 2.64. The van der Waals surface area contributed by atoms with Crippen molar-refractivity contribution in [3.8, 4) is 11.3 Å². The van der Waals surface area contributed by atoms with Crippen molar-refractivity contribution >= 4 is 34.3 Å². The van der Waals surface area contributed by atoms with Gasteiger partial charge in [0.2, 0.25) is 0 Å². The minimum atomic E-state index is -4.35. The van der Waals surface area contributed by atoms with Crippen LogP contribution in [-0.4, -0.2) is 70.3 Å². The standard InChI is InChI=1S/C32H30F4N6O3/c1-18-23(14-22(33)15-25(18)40-29(43)20-4-6-21(7-5-20)31(10-11-31)32(34,35)36)27-24-16-26(39-28(24)38-17-37-27)19-8-12-42(13-9-19)45-30(44)41(2)3/h4-8,14-17H,9-13H2,1-3H3,(H,40,43)(H,37,38,39). The van der Waals surface area contributed by atoms with E-state index >= 15 is 0 Å². The van der Waals surface area contributed by atoms with E-state index in [2.05, 4.69) is 20.3 Å². The first-order valence-corrected chi connectivity index (χ1v) is 14.3. The van der Waals surface area contributed by atoms with Gasteiger partial charge in [0, 0.05) is 48.5 Å². The second kappa shape index (κ2) is 11.3. The Balaban J connectivity index is 1.24. The second-order valence-corrected chi connectivity index (χ2v) is 11.5. The van der Waals surface area contributed by atoms with E-state index in [4.69, 9.17) is 4.84 Å². The molecule has 6 rings (SSSR count). The number of anilines is 1. The van der Waals surface area contributed by atoms with Crippen LogP contribution in [0.15, 0.2) is 54.9 Å². The number of carbonyl (C=O) groups excluding carboxylic acids is 2. The Hall–Kier alpha value is -4.78. The van der Waals surface area contributed by atoms with Gasteiger partial charge in [-0.05, 0) is 73.2 Å². The van der Waals surface area contributed by atoms with Gasteiger partial charge in [-0.2, -0.15) is 13.2 Å². The van der Waals surface area contributed by atoms with Crippen molar-refractivity contribution in [1.29, 1.82) is 0 Å². The summed E-state index contributed by atoms with van der Waals surface area (Å²) in [4.78, 5) is 43.7. The van der Waals surface area contributed by atoms with Gasteiger partial charge < -0.3 is 20.0 Å². The summed E-state index contributed by atoms with van der Waals surface area (Å²) in [7, 11) is 3.22. The van der Waals surface area contributed by atoms with Crippen molar-refractivity contribution in [3.63, 3.8) is 0 Å². The van der Waals surface area contributed by atoms with Crippen LogP contribution < -0.4 is 5.32 Å². The van der Waals surface area contributed by atoms with Crippen LogP contribution in [0, 0.1) is 12.7 Å². The predicted molar refractivity (Wildman–Crippen MR) is 160 cm³/mol. The highest BCUT2D eigenvalue weighted by molar-refractivity contribution is 6.05. The Morgan fingerprint density at radius 1 is 1.09 bits per heavy atom. The second-order valence-electron chi connectivity index (χ2n) is 11.5. The van der Waals surface area contributed by atoms with E-state index in [9.17, 15) is 27.2 Å². The Bertz CT molecular complexity index is 1830. The molecule has 1 aliphatic heterocycles. The van der Waals surface area contributed by atoms with Crippen LogP contribution in [0.4, 0.5) is 28.0 Å². The average Bonchev–Trinajstić information content (AvgIpc) is 3.72. The summed E-state index contributed by atoms with van der Waals surface area (Å²) in [5.74, 6) is -1.18. The fourth-order valence-electron chi connectivity index (χ4n) is 5.55. The highest BCUT2D eigenvalue weighted by atomic mass is 19.4. The number of amides is 2. The van der Waals surface area contributed by atoms with E-state index in [1.165, 1.54) is 47.6 Å². The number of H-pyrrole nitrogens is 1. The first-order valence-electron chi connectivity index (χ1n) is 14.3. The van der Waals surface area contributed by atoms with Crippen molar-refractivity contribution in [2.75, 3.05) is 32.5 Å². The summed E-state index contributed by atoms with van der Waals surface area (Å²) < 4.78 is 55.5. The monoisotopic (exact) mass is 622 g/mol. The Labute approximate surface area is 255 Å². The van der Waals surface area contributed by atoms with Gasteiger partial charge in [-0.3, -0.25) is 4.79 Å². The van der Waals surface area contributed by atoms with Gasteiger partial charge in [0.15, 0.2) is 0 Å². The number of nitrogens with one attached hydrogen (secondary N) is 2. The minimum absolute atomic E-state index is 0.0244. The van der Waals surface area contributed by atoms with E-state index < -0.39 is 29.4 Å². The van der Waals surface area contributed by atoms with E-state index in [1.54, 1.807) is 26.1 Å². The molecular weight excluding hydrogens is 592 g/mol. The van der Waals surface area contributed by atoms with Gasteiger partial charge in [0.05, 0.1) is 17.7 Å². The molecule has 0 spiro atoms. The van der Waals surface area contributed by atoms with Crippen LogP contribution in [0.3, 0.4) is 0 Å². The lowest BCUT2D eigenvalue weighted by Crippen LogP contribution is -2.35. The summed E-state index contributed by atoms with van der Waals surface area (Å²) >= 11 is 0. The van der Waals surface area contributed by atoms with E-state index in [0.717, 1.165) is 11.3 Å². The first kappa shape index (κ1) is 30.3. The van der Waals surface area contributed by atoms with Crippen LogP contribution >= 0.6 is 0 Å². The number of fused-ring (bicyclic) bond motifs is 1. The van der Waals surface area contributed by atoms with Crippen LogP contribution in [0.5, 0.6) is 0 Å². The number of halogens is 4. The Kier molecular flexibility index (Phi) is 7.59. The SMILES string of the molecule is Cc1c(NC(=O)c2ccc(C3(C(F)(F)F)CC3)cc2)cc(F)cc1-c1ncnc2[nH]c(C3=CCN(OC(=O)N(C)C)CC3)cc12. The Morgan fingerprint density at radius 2 is 1.82 bits per heavy atom. The van der Waals surface area contributed by atoms with Gasteiger partial charge in [-0.15, -0.1) is 5.06 Å². The number of aromatic nitrogens is 3. The summed E-state index contributed by atoms with van der Waals surface area (Å²) in [6.45, 7) is 2.63. The average molecular weight is 623 g/mol. The lowest BCUT2D eigenvalue weighted by atomic mass is 9.94. The van der Waals surface area contributed by atoms with Crippen molar-refractivity contribution in [2.45, 2.75) is 37.8 Å². The molecule has 2 aromatic carbocycles. The third-order valence-corrected chi connectivity index (χ3v) is 8.38. The van der Waals surface area contributed by atoms with Gasteiger partial charge in [-0.25, -0.2) is 19.2 Å². The maximum Gasteiger partial charge on any atom is 0.428 e. The number of hydroxylamine groups is 2. The van der Waals surface area contributed by atoms with Crippen LogP contribution in [-0.2, 0) is 10.3 Å². The molecule has 13 heteroatoms. The van der Waals surface area contributed by atoms with E-state index in [-0.39, 0.29) is 29.7 Å². The number of hydrogen-bond acceptors (Lipinski definition) is 6. The number of benzene rings is 2. The number of carbonyl (C=O) groups is 2. The molecule has 0 saturated heterocycles. The summed E-state index contributed by atoms with van der Waals surface area (Å²) in [5.41, 5.74) is 2.43. The summed E-state index contributed by atoms with van der Waals surface area (Å²) in [6, 6.07) is 9.77. The molecule has 1 fully saturated rings. The largest absolute Gasteiger partial charge is 0.428 e. The maximum absolute atomic E-state index is 15.0. The molecule has 3 heterocycles. The van der Waals surface area contributed by atoms with Gasteiger partial charge in [0.1, 0.15) is 17.8 Å². The van der Waals surface area contributed by atoms with Crippen molar-refractivity contribution in [3.05, 3.63) is 83.1 Å². The third-order valence-electron chi connectivity index (χ3n) is 8.38. The molecule has 2 aliphatic rings. The molecule has 45 heavy (non-hydrogen) atoms. The number of aromatic amines is 1. The molecule has 2 N–H and O–H groups in total. The molecule has 0 bridgehead atoms. The zero-order valence-electron chi connectivity index (χ0n) is 24.8. The van der Waals surface area contributed by atoms with Gasteiger partial charge >= 0.3 is 12.3 Å².